The Morgan fingerprint density at radius 1 is 1.10 bits per heavy atom. The van der Waals surface area contributed by atoms with Crippen LogP contribution in [0.5, 0.6) is 0 Å². The summed E-state index contributed by atoms with van der Waals surface area (Å²) in [7, 11) is 1.82. The molecular formula is C23H30N6S. The molecule has 0 saturated heterocycles. The number of nitrogens with zero attached hydrogens (tertiary/aromatic N) is 4. The molecule has 1 aromatic carbocycles. The van der Waals surface area contributed by atoms with Crippen LogP contribution in [-0.4, -0.2) is 40.9 Å². The topological polar surface area (TPSA) is 67.1 Å². The van der Waals surface area contributed by atoms with E-state index in [0.717, 1.165) is 44.0 Å². The number of benzene rings is 1. The van der Waals surface area contributed by atoms with Crippen LogP contribution in [-0.2, 0) is 25.7 Å². The van der Waals surface area contributed by atoms with Gasteiger partial charge in [0, 0.05) is 43.8 Å². The van der Waals surface area contributed by atoms with E-state index in [1.165, 1.54) is 46.8 Å². The summed E-state index contributed by atoms with van der Waals surface area (Å²) in [5.41, 5.74) is 3.74. The van der Waals surface area contributed by atoms with E-state index in [-0.39, 0.29) is 0 Å². The van der Waals surface area contributed by atoms with Gasteiger partial charge < -0.3 is 10.6 Å². The highest BCUT2D eigenvalue weighted by Gasteiger charge is 2.14. The van der Waals surface area contributed by atoms with Gasteiger partial charge >= 0.3 is 0 Å². The van der Waals surface area contributed by atoms with E-state index in [1.807, 2.05) is 35.3 Å². The van der Waals surface area contributed by atoms with Crippen molar-refractivity contribution in [2.24, 2.45) is 4.99 Å². The predicted molar refractivity (Wildman–Crippen MR) is 124 cm³/mol. The highest BCUT2D eigenvalue weighted by atomic mass is 32.1. The highest BCUT2D eigenvalue weighted by Crippen LogP contribution is 2.27. The predicted octanol–water partition coefficient (Wildman–Crippen LogP) is 3.55. The summed E-state index contributed by atoms with van der Waals surface area (Å²) in [6, 6.07) is 10.4. The lowest BCUT2D eigenvalue weighted by Gasteiger charge is -2.12. The van der Waals surface area contributed by atoms with Crippen LogP contribution >= 0.6 is 11.3 Å². The van der Waals surface area contributed by atoms with Gasteiger partial charge in [0.2, 0.25) is 0 Å². The third kappa shape index (κ3) is 5.48. The zero-order valence-electron chi connectivity index (χ0n) is 17.6. The molecule has 0 amide bonds. The van der Waals surface area contributed by atoms with Gasteiger partial charge in [-0.2, -0.15) is 5.10 Å². The number of guanidine groups is 1. The fourth-order valence-corrected chi connectivity index (χ4v) is 4.94. The second kappa shape index (κ2) is 10.4. The van der Waals surface area contributed by atoms with E-state index >= 15 is 0 Å². The Bertz CT molecular complexity index is 919. The van der Waals surface area contributed by atoms with E-state index in [0.29, 0.717) is 0 Å². The van der Waals surface area contributed by atoms with Gasteiger partial charge in [-0.1, -0.05) is 12.1 Å². The van der Waals surface area contributed by atoms with Crippen molar-refractivity contribution in [2.45, 2.75) is 44.9 Å². The molecule has 0 saturated carbocycles. The molecule has 1 aliphatic rings. The largest absolute Gasteiger partial charge is 0.356 e. The van der Waals surface area contributed by atoms with Crippen molar-refractivity contribution in [3.05, 3.63) is 63.9 Å². The zero-order valence-corrected chi connectivity index (χ0v) is 18.4. The van der Waals surface area contributed by atoms with Gasteiger partial charge in [-0.15, -0.1) is 11.3 Å². The second-order valence-corrected chi connectivity index (χ2v) is 8.75. The number of hydrogen-bond acceptors (Lipinski definition) is 4. The van der Waals surface area contributed by atoms with Crippen LogP contribution in [0, 0.1) is 0 Å². The molecule has 7 heteroatoms. The molecule has 30 heavy (non-hydrogen) atoms. The van der Waals surface area contributed by atoms with Crippen LogP contribution in [0.4, 0.5) is 0 Å². The number of aryl methyl sites for hydroxylation is 3. The fourth-order valence-electron chi connectivity index (χ4n) is 3.74. The first-order valence-electron chi connectivity index (χ1n) is 10.8. The Morgan fingerprint density at radius 2 is 1.93 bits per heavy atom. The van der Waals surface area contributed by atoms with Crippen molar-refractivity contribution < 1.29 is 0 Å². The van der Waals surface area contributed by atoms with Crippen molar-refractivity contribution in [3.63, 3.8) is 0 Å². The Morgan fingerprint density at radius 3 is 2.70 bits per heavy atom. The smallest absolute Gasteiger partial charge is 0.190 e. The molecule has 0 atom stereocenters. The molecular weight excluding hydrogens is 392 g/mol. The number of fused-ring (bicyclic) bond motifs is 1. The van der Waals surface area contributed by atoms with Crippen molar-refractivity contribution in [3.8, 4) is 5.69 Å². The Balaban J connectivity index is 1.15. The SMILES string of the molecule is CN=C(NCCCc1nc2c(s1)CCCC2)NCCc1ccc(-n2cccn2)cc1. The van der Waals surface area contributed by atoms with E-state index in [2.05, 4.69) is 45.0 Å². The first kappa shape index (κ1) is 20.6. The van der Waals surface area contributed by atoms with Gasteiger partial charge in [0.1, 0.15) is 0 Å². The molecule has 0 aliphatic heterocycles. The average Bonchev–Trinajstić information content (AvgIpc) is 3.45. The van der Waals surface area contributed by atoms with E-state index in [1.54, 1.807) is 6.20 Å². The van der Waals surface area contributed by atoms with Crippen LogP contribution in [0.3, 0.4) is 0 Å². The van der Waals surface area contributed by atoms with E-state index < -0.39 is 0 Å². The maximum absolute atomic E-state index is 4.83. The molecule has 6 nitrogen and oxygen atoms in total. The minimum atomic E-state index is 0.847. The monoisotopic (exact) mass is 422 g/mol. The Kier molecular flexibility index (Phi) is 7.13. The van der Waals surface area contributed by atoms with E-state index in [9.17, 15) is 0 Å². The maximum atomic E-state index is 4.83. The quantitative estimate of drug-likeness (QED) is 0.331. The third-order valence-electron chi connectivity index (χ3n) is 5.38. The van der Waals surface area contributed by atoms with Crippen molar-refractivity contribution in [2.75, 3.05) is 20.1 Å². The standard InChI is InChI=1S/C23H30N6S/c1-24-23(25-14-4-8-22-28-20-6-2-3-7-21(20)30-22)26-16-13-18-9-11-19(12-10-18)29-17-5-15-27-29/h5,9-12,15,17H,2-4,6-8,13-14,16H2,1H3,(H2,24,25,26). The summed E-state index contributed by atoms with van der Waals surface area (Å²) in [5, 5.41) is 12.4. The molecule has 0 bridgehead atoms. The van der Waals surface area contributed by atoms with Crippen LogP contribution < -0.4 is 10.6 Å². The molecule has 1 aliphatic carbocycles. The van der Waals surface area contributed by atoms with Crippen molar-refractivity contribution in [1.29, 1.82) is 0 Å². The fraction of sp³-hybridized carbons (Fsp3) is 0.435. The maximum Gasteiger partial charge on any atom is 0.190 e. The number of aliphatic imine (C=N–C) groups is 1. The van der Waals surface area contributed by atoms with Crippen LogP contribution in [0.2, 0.25) is 0 Å². The molecule has 0 radical (unpaired) electrons. The molecule has 2 aromatic heterocycles. The zero-order chi connectivity index (χ0) is 20.6. The lowest BCUT2D eigenvalue weighted by atomic mass is 10.0. The van der Waals surface area contributed by atoms with Gasteiger partial charge in [-0.05, 0) is 62.3 Å². The van der Waals surface area contributed by atoms with E-state index in [4.69, 9.17) is 4.98 Å². The van der Waals surface area contributed by atoms with Crippen molar-refractivity contribution in [1.82, 2.24) is 25.4 Å². The average molecular weight is 423 g/mol. The Hall–Kier alpha value is -2.67. The molecule has 4 rings (SSSR count). The van der Waals surface area contributed by atoms with Crippen LogP contribution in [0.25, 0.3) is 5.69 Å². The molecule has 0 fully saturated rings. The third-order valence-corrected chi connectivity index (χ3v) is 6.60. The minimum absolute atomic E-state index is 0.847. The van der Waals surface area contributed by atoms with Gasteiger partial charge in [-0.3, -0.25) is 4.99 Å². The molecule has 158 valence electrons. The molecule has 3 aromatic rings. The molecule has 0 spiro atoms. The van der Waals surface area contributed by atoms with Gasteiger partial charge in [-0.25, -0.2) is 9.67 Å². The van der Waals surface area contributed by atoms with Gasteiger partial charge in [0.25, 0.3) is 0 Å². The first-order chi connectivity index (χ1) is 14.8. The molecule has 2 heterocycles. The van der Waals surface area contributed by atoms with Crippen molar-refractivity contribution >= 4 is 17.3 Å². The normalized spacial score (nSPS) is 13.8. The van der Waals surface area contributed by atoms with Crippen LogP contribution in [0.1, 0.15) is 40.4 Å². The molecule has 2 N–H and O–H groups in total. The van der Waals surface area contributed by atoms with Crippen LogP contribution in [0.15, 0.2) is 47.7 Å². The van der Waals surface area contributed by atoms with Gasteiger partial charge in [0.15, 0.2) is 5.96 Å². The number of rotatable bonds is 8. The summed E-state index contributed by atoms with van der Waals surface area (Å²) in [6.07, 6.45) is 11.8. The Labute approximate surface area is 182 Å². The number of thiazole rings is 1. The summed E-state index contributed by atoms with van der Waals surface area (Å²) < 4.78 is 1.87. The second-order valence-electron chi connectivity index (χ2n) is 7.58. The highest BCUT2D eigenvalue weighted by molar-refractivity contribution is 7.11. The number of hydrogen-bond donors (Lipinski definition) is 2. The van der Waals surface area contributed by atoms with Gasteiger partial charge in [0.05, 0.1) is 16.4 Å². The lowest BCUT2D eigenvalue weighted by molar-refractivity contribution is 0.678. The summed E-state index contributed by atoms with van der Waals surface area (Å²) in [6.45, 7) is 1.75. The first-order valence-corrected chi connectivity index (χ1v) is 11.6. The summed E-state index contributed by atoms with van der Waals surface area (Å²) in [5.74, 6) is 0.863. The summed E-state index contributed by atoms with van der Waals surface area (Å²) >= 11 is 1.92. The molecule has 0 unspecified atom stereocenters. The lowest BCUT2D eigenvalue weighted by Crippen LogP contribution is -2.38. The number of nitrogens with one attached hydrogen (secondary N) is 2. The minimum Gasteiger partial charge on any atom is -0.356 e. The summed E-state index contributed by atoms with van der Waals surface area (Å²) in [4.78, 5) is 10.7. The number of aromatic nitrogens is 3.